The van der Waals surface area contributed by atoms with Gasteiger partial charge >= 0.3 is 24.4 Å². The summed E-state index contributed by atoms with van der Waals surface area (Å²) in [5.41, 5.74) is 0. The third-order valence-corrected chi connectivity index (χ3v) is 34.5. The van der Waals surface area contributed by atoms with Crippen molar-refractivity contribution in [2.75, 3.05) is 77.8 Å². The van der Waals surface area contributed by atoms with Crippen molar-refractivity contribution in [3.63, 3.8) is 0 Å². The molecule has 23 heteroatoms. The fraction of sp³-hybridized carbons (Fsp3) is 0.810. The predicted molar refractivity (Wildman–Crippen MR) is 352 cm³/mol. The number of hydrogen-bond acceptors (Lipinski definition) is 12. The summed E-state index contributed by atoms with van der Waals surface area (Å²) >= 11 is 3.01. The first-order valence-corrected chi connectivity index (χ1v) is 40.6. The van der Waals surface area contributed by atoms with E-state index < -0.39 is 33.3 Å². The molecule has 4 aliphatic rings. The number of halogens is 2. The van der Waals surface area contributed by atoms with Crippen molar-refractivity contribution in [2.45, 2.75) is 225 Å². The molecule has 0 aromatic carbocycles. The molecular weight excluding hydrogens is 1350 g/mol. The van der Waals surface area contributed by atoms with Gasteiger partial charge in [0, 0.05) is 64.9 Å². The number of unbranched alkanes of at least 4 members (excludes halogenated alkanes) is 1. The van der Waals surface area contributed by atoms with Gasteiger partial charge in [-0.25, -0.2) is 19.2 Å². The summed E-state index contributed by atoms with van der Waals surface area (Å²) in [7, 11) is -7.04. The maximum absolute atomic E-state index is 11.9. The van der Waals surface area contributed by atoms with E-state index in [2.05, 4.69) is 181 Å². The quantitative estimate of drug-likeness (QED) is 0.0367. The number of carbonyl (C=O) groups is 4. The Morgan fingerprint density at radius 1 is 0.531 bits per heavy atom. The Morgan fingerprint density at radius 2 is 0.815 bits per heavy atom. The molecule has 0 aromatic heterocycles. The van der Waals surface area contributed by atoms with Gasteiger partial charge in [0.15, 0.2) is 33.3 Å². The second-order valence-electron chi connectivity index (χ2n) is 26.3. The standard InChI is InChI=1S/C15H31NO3Si.2C14H25NO3Si.C11H23NO3Si.C3H3Br.CH3.HI.Y/c1-7-8-10-16-13(9-11-18-14(16)17)12-19-20(5,6)15(2,3)4;2*1-7-9-15-12(8-10-17-13(15)16)11-18-19(5,6)14(2,3)4;1-11(2,3)16(4,5)15-8-9-6-7-14-10(13)12-9;1-2-3-4;;;/h13H,7-12H2,1-6H3;2*1,12H,8-11H2,2-6H3;9H,6-8H2,1-5H3,(H,12,13);1H,3H2;1H3;1H;/q;;;;;-1;;/t13-;2*12-;9-;;;;/m1111..../s1. The molecule has 1 radical (unpaired) electrons. The van der Waals surface area contributed by atoms with Crippen LogP contribution in [0.15, 0.2) is 0 Å². The average Bonchev–Trinajstić information content (AvgIpc) is 3.32. The summed E-state index contributed by atoms with van der Waals surface area (Å²) in [6, 6.07) is 0.352. The SMILES string of the molecule is C#CCBr.C#CCN1C(=O)OCC[C@@H]1CO[Si](C)(C)C(C)(C)C.C#CCN1C(=O)OCC[C@@H]1CO[Si](C)(C)C(C)(C)C.CC(C)(C)[Si](C)(C)OC[C@H]1CCOC(=O)N1.CCCCN1C(=O)OCC[C@@H]1CO[Si](C)(C)C(C)(C)C.I.[CH3-].[Y]. The van der Waals surface area contributed by atoms with Crippen LogP contribution in [0.4, 0.5) is 19.2 Å². The fourth-order valence-electron chi connectivity index (χ4n) is 6.50. The molecule has 81 heavy (non-hydrogen) atoms. The molecule has 16 nitrogen and oxygen atoms in total. The van der Waals surface area contributed by atoms with Crippen molar-refractivity contribution in [2.24, 2.45) is 0 Å². The topological polar surface area (TPSA) is 164 Å². The van der Waals surface area contributed by atoms with Gasteiger partial charge in [0.25, 0.3) is 0 Å². The number of hydrogen-bond donors (Lipinski definition) is 1. The van der Waals surface area contributed by atoms with Crippen LogP contribution in [0.25, 0.3) is 0 Å². The minimum absolute atomic E-state index is 0. The number of carbonyl (C=O) groups excluding carboxylic acids is 4. The number of alkyl halides is 1. The van der Waals surface area contributed by atoms with Gasteiger partial charge in [-0.1, -0.05) is 130 Å². The van der Waals surface area contributed by atoms with Crippen molar-refractivity contribution in [1.29, 1.82) is 0 Å². The van der Waals surface area contributed by atoms with E-state index in [1.807, 2.05) is 4.90 Å². The molecule has 1 N–H and O–H groups in total. The molecule has 0 aliphatic carbocycles. The Hall–Kier alpha value is -1.22. The second-order valence-corrected chi connectivity index (χ2v) is 46.1. The van der Waals surface area contributed by atoms with Gasteiger partial charge in [0.05, 0.1) is 95.4 Å². The predicted octanol–water partition coefficient (Wildman–Crippen LogP) is 14.3. The maximum atomic E-state index is 11.9. The van der Waals surface area contributed by atoms with Gasteiger partial charge < -0.3 is 54.3 Å². The minimum Gasteiger partial charge on any atom is -0.449 e. The van der Waals surface area contributed by atoms with Crippen molar-refractivity contribution in [3.05, 3.63) is 7.43 Å². The molecule has 0 aromatic rings. The number of alkyl carbamates (subject to hydrolysis) is 1. The minimum atomic E-state index is -1.79. The first kappa shape index (κ1) is 86.2. The summed E-state index contributed by atoms with van der Waals surface area (Å²) in [5, 5.41) is 4.18. The molecular formula is C58H111BrIN4O12Si4Y-. The average molecular weight is 1460 g/mol. The van der Waals surface area contributed by atoms with Crippen molar-refractivity contribution in [3.8, 4) is 37.0 Å². The van der Waals surface area contributed by atoms with Gasteiger partial charge in [-0.2, -0.15) is 0 Å². The van der Waals surface area contributed by atoms with E-state index in [1.54, 1.807) is 9.80 Å². The van der Waals surface area contributed by atoms with Gasteiger partial charge in [0.2, 0.25) is 0 Å². The number of rotatable bonds is 17. The third-order valence-electron chi connectivity index (χ3n) is 16.2. The third kappa shape index (κ3) is 31.3. The Balaban J connectivity index is -0.000000472. The van der Waals surface area contributed by atoms with Crippen LogP contribution in [0.3, 0.4) is 0 Å². The molecule has 0 bridgehead atoms. The zero-order valence-corrected chi connectivity index (χ0v) is 65.1. The van der Waals surface area contributed by atoms with E-state index >= 15 is 0 Å². The molecule has 4 rings (SSSR count). The van der Waals surface area contributed by atoms with Crippen LogP contribution in [-0.4, -0.2) is 174 Å². The summed E-state index contributed by atoms with van der Waals surface area (Å²) in [6.45, 7) is 52.1. The molecule has 0 saturated carbocycles. The van der Waals surface area contributed by atoms with Crippen molar-refractivity contribution >= 4 is 97.5 Å². The van der Waals surface area contributed by atoms with Crippen LogP contribution < -0.4 is 5.32 Å². The van der Waals surface area contributed by atoms with E-state index in [0.29, 0.717) is 58.2 Å². The molecule has 4 heterocycles. The van der Waals surface area contributed by atoms with Crippen LogP contribution >= 0.6 is 39.9 Å². The van der Waals surface area contributed by atoms with E-state index in [0.717, 1.165) is 45.1 Å². The molecule has 469 valence electrons. The normalized spacial score (nSPS) is 19.7. The number of ether oxygens (including phenoxy) is 4. The van der Waals surface area contributed by atoms with Gasteiger partial charge in [-0.15, -0.1) is 43.2 Å². The number of nitrogens with zero attached hydrogens (tertiary/aromatic N) is 3. The molecule has 4 fully saturated rings. The molecule has 4 atom stereocenters. The second kappa shape index (κ2) is 39.5. The Morgan fingerprint density at radius 3 is 1.09 bits per heavy atom. The van der Waals surface area contributed by atoms with Crippen molar-refractivity contribution < 1.29 is 88.5 Å². The Kier molecular flexibility index (Phi) is 42.1. The summed E-state index contributed by atoms with van der Waals surface area (Å²) in [4.78, 5) is 51.3. The van der Waals surface area contributed by atoms with Crippen molar-refractivity contribution in [1.82, 2.24) is 20.0 Å². The summed E-state index contributed by atoms with van der Waals surface area (Å²) < 4.78 is 44.7. The van der Waals surface area contributed by atoms with E-state index in [9.17, 15) is 19.2 Å². The smallest absolute Gasteiger partial charge is 0.410 e. The van der Waals surface area contributed by atoms with Gasteiger partial charge in [0.1, 0.15) is 0 Å². The van der Waals surface area contributed by atoms with Gasteiger partial charge in [-0.05, 0) is 78.9 Å². The van der Waals surface area contributed by atoms with Crippen LogP contribution in [0.2, 0.25) is 72.5 Å². The Bertz CT molecular complexity index is 1910. The summed E-state index contributed by atoms with van der Waals surface area (Å²) in [5.74, 6) is 7.36. The number of terminal acetylenes is 3. The first-order chi connectivity index (χ1) is 35.7. The van der Waals surface area contributed by atoms with Gasteiger partial charge in [-0.3, -0.25) is 9.80 Å². The summed E-state index contributed by atoms with van der Waals surface area (Å²) in [6.07, 6.45) is 19.6. The molecule has 0 spiro atoms. The fourth-order valence-corrected chi connectivity index (χ4v) is 10.7. The van der Waals surface area contributed by atoms with E-state index in [1.165, 1.54) is 0 Å². The van der Waals surface area contributed by atoms with Crippen LogP contribution in [-0.2, 0) is 69.4 Å². The molecule has 0 unspecified atom stereocenters. The molecule has 4 amide bonds. The maximum Gasteiger partial charge on any atom is 0.410 e. The van der Waals surface area contributed by atoms with Crippen LogP contribution in [0.5, 0.6) is 0 Å². The zero-order valence-electron chi connectivity index (χ0n) is 54.4. The molecule has 4 aliphatic heterocycles. The Labute approximate surface area is 548 Å². The van der Waals surface area contributed by atoms with E-state index in [4.69, 9.17) is 55.9 Å². The van der Waals surface area contributed by atoms with Crippen LogP contribution in [0, 0.1) is 44.5 Å². The number of cyclic esters (lactones) is 4. The zero-order chi connectivity index (χ0) is 60.6. The van der Waals surface area contributed by atoms with Crippen LogP contribution in [0.1, 0.15) is 129 Å². The largest absolute Gasteiger partial charge is 0.449 e. The monoisotopic (exact) mass is 1460 g/mol. The first-order valence-electron chi connectivity index (χ1n) is 27.9. The molecule has 4 saturated heterocycles. The number of amides is 4. The van der Waals surface area contributed by atoms with E-state index in [-0.39, 0.29) is 146 Å². The number of nitrogens with one attached hydrogen (secondary N) is 1.